The molecular formula is C15H15BrN4O. The number of piperazine rings is 1. The molecule has 108 valence electrons. The Balaban J connectivity index is 1.64. The molecule has 0 radical (unpaired) electrons. The Morgan fingerprint density at radius 3 is 2.62 bits per heavy atom. The molecule has 6 heteroatoms. The highest BCUT2D eigenvalue weighted by atomic mass is 79.9. The number of pyridine rings is 2. The van der Waals surface area contributed by atoms with Crippen molar-refractivity contribution in [2.24, 2.45) is 0 Å². The molecule has 0 spiro atoms. The first kappa shape index (κ1) is 14.0. The van der Waals surface area contributed by atoms with Crippen LogP contribution in [-0.4, -0.2) is 47.0 Å². The van der Waals surface area contributed by atoms with E-state index in [1.165, 1.54) is 0 Å². The average Bonchev–Trinajstić information content (AvgIpc) is 2.55. The summed E-state index contributed by atoms with van der Waals surface area (Å²) in [5.41, 5.74) is 0.621. The van der Waals surface area contributed by atoms with E-state index in [1.54, 1.807) is 24.7 Å². The normalized spacial score (nSPS) is 15.1. The highest BCUT2D eigenvalue weighted by molar-refractivity contribution is 9.10. The van der Waals surface area contributed by atoms with Crippen LogP contribution < -0.4 is 4.90 Å². The van der Waals surface area contributed by atoms with E-state index in [2.05, 4.69) is 30.8 Å². The van der Waals surface area contributed by atoms with Gasteiger partial charge in [-0.3, -0.25) is 9.78 Å². The monoisotopic (exact) mass is 346 g/mol. The third-order valence-corrected chi connectivity index (χ3v) is 3.93. The summed E-state index contributed by atoms with van der Waals surface area (Å²) < 4.78 is 0.820. The lowest BCUT2D eigenvalue weighted by atomic mass is 10.2. The zero-order valence-electron chi connectivity index (χ0n) is 11.4. The second kappa shape index (κ2) is 6.22. The number of amides is 1. The van der Waals surface area contributed by atoms with Gasteiger partial charge in [-0.1, -0.05) is 6.07 Å². The summed E-state index contributed by atoms with van der Waals surface area (Å²) in [4.78, 5) is 24.9. The van der Waals surface area contributed by atoms with Crippen molar-refractivity contribution >= 4 is 27.7 Å². The molecule has 1 amide bonds. The Kier molecular flexibility index (Phi) is 4.15. The fraction of sp³-hybridized carbons (Fsp3) is 0.267. The molecular weight excluding hydrogens is 332 g/mol. The van der Waals surface area contributed by atoms with Crippen molar-refractivity contribution in [2.45, 2.75) is 0 Å². The van der Waals surface area contributed by atoms with Gasteiger partial charge in [0, 0.05) is 49.2 Å². The molecule has 1 saturated heterocycles. The lowest BCUT2D eigenvalue weighted by Gasteiger charge is -2.35. The predicted octanol–water partition coefficient (Wildman–Crippen LogP) is 2.20. The number of hydrogen-bond donors (Lipinski definition) is 0. The predicted molar refractivity (Wildman–Crippen MR) is 84.3 cm³/mol. The van der Waals surface area contributed by atoms with Crippen LogP contribution in [0.1, 0.15) is 10.4 Å². The molecule has 5 nitrogen and oxygen atoms in total. The number of rotatable bonds is 2. The van der Waals surface area contributed by atoms with Crippen LogP contribution >= 0.6 is 15.9 Å². The molecule has 0 aliphatic carbocycles. The standard InChI is InChI=1S/C15H15BrN4O/c16-13-9-12(10-17-11-13)15(21)20-7-5-19(6-8-20)14-3-1-2-4-18-14/h1-4,9-11H,5-8H2. The first-order valence-corrected chi connectivity index (χ1v) is 7.59. The van der Waals surface area contributed by atoms with E-state index < -0.39 is 0 Å². The largest absolute Gasteiger partial charge is 0.353 e. The van der Waals surface area contributed by atoms with Gasteiger partial charge < -0.3 is 9.80 Å². The minimum Gasteiger partial charge on any atom is -0.353 e. The Hall–Kier alpha value is -1.95. The number of aromatic nitrogens is 2. The average molecular weight is 347 g/mol. The minimum absolute atomic E-state index is 0.0319. The zero-order valence-corrected chi connectivity index (χ0v) is 13.0. The fourth-order valence-corrected chi connectivity index (χ4v) is 2.76. The van der Waals surface area contributed by atoms with E-state index in [0.29, 0.717) is 18.7 Å². The summed E-state index contributed by atoms with van der Waals surface area (Å²) >= 11 is 3.34. The van der Waals surface area contributed by atoms with Crippen LogP contribution in [0.2, 0.25) is 0 Å². The molecule has 1 aliphatic heterocycles. The second-order valence-electron chi connectivity index (χ2n) is 4.86. The Morgan fingerprint density at radius 2 is 1.95 bits per heavy atom. The van der Waals surface area contributed by atoms with E-state index in [1.807, 2.05) is 23.1 Å². The van der Waals surface area contributed by atoms with E-state index in [4.69, 9.17) is 0 Å². The summed E-state index contributed by atoms with van der Waals surface area (Å²) in [6.07, 6.45) is 5.08. The molecule has 2 aromatic heterocycles. The number of hydrogen-bond acceptors (Lipinski definition) is 4. The van der Waals surface area contributed by atoms with Gasteiger partial charge in [0.25, 0.3) is 5.91 Å². The van der Waals surface area contributed by atoms with Crippen LogP contribution in [-0.2, 0) is 0 Å². The maximum absolute atomic E-state index is 12.4. The van der Waals surface area contributed by atoms with Crippen molar-refractivity contribution in [1.82, 2.24) is 14.9 Å². The van der Waals surface area contributed by atoms with Crippen molar-refractivity contribution in [3.05, 3.63) is 52.9 Å². The van der Waals surface area contributed by atoms with Crippen molar-refractivity contribution in [3.63, 3.8) is 0 Å². The van der Waals surface area contributed by atoms with Gasteiger partial charge in [-0.15, -0.1) is 0 Å². The summed E-state index contributed by atoms with van der Waals surface area (Å²) in [5, 5.41) is 0. The van der Waals surface area contributed by atoms with Crippen molar-refractivity contribution in [1.29, 1.82) is 0 Å². The van der Waals surface area contributed by atoms with Gasteiger partial charge in [0.15, 0.2) is 0 Å². The molecule has 3 heterocycles. The minimum atomic E-state index is 0.0319. The van der Waals surface area contributed by atoms with E-state index >= 15 is 0 Å². The van der Waals surface area contributed by atoms with Gasteiger partial charge in [0.1, 0.15) is 5.82 Å². The summed E-state index contributed by atoms with van der Waals surface area (Å²) in [7, 11) is 0. The first-order valence-electron chi connectivity index (χ1n) is 6.80. The highest BCUT2D eigenvalue weighted by Crippen LogP contribution is 2.16. The molecule has 0 unspecified atom stereocenters. The topological polar surface area (TPSA) is 49.3 Å². The van der Waals surface area contributed by atoms with Crippen molar-refractivity contribution < 1.29 is 4.79 Å². The molecule has 21 heavy (non-hydrogen) atoms. The molecule has 1 aliphatic rings. The van der Waals surface area contributed by atoms with Crippen LogP contribution in [0, 0.1) is 0 Å². The third kappa shape index (κ3) is 3.21. The van der Waals surface area contributed by atoms with Gasteiger partial charge in [0.05, 0.1) is 5.56 Å². The van der Waals surface area contributed by atoms with E-state index in [0.717, 1.165) is 23.4 Å². The van der Waals surface area contributed by atoms with Crippen LogP contribution in [0.4, 0.5) is 5.82 Å². The molecule has 0 bridgehead atoms. The van der Waals surface area contributed by atoms with Crippen molar-refractivity contribution in [2.75, 3.05) is 31.1 Å². The number of halogens is 1. The van der Waals surface area contributed by atoms with Crippen molar-refractivity contribution in [3.8, 4) is 0 Å². The summed E-state index contributed by atoms with van der Waals surface area (Å²) in [5.74, 6) is 0.998. The van der Waals surface area contributed by atoms with Gasteiger partial charge in [-0.25, -0.2) is 4.98 Å². The fourth-order valence-electron chi connectivity index (χ4n) is 2.39. The maximum Gasteiger partial charge on any atom is 0.255 e. The lowest BCUT2D eigenvalue weighted by molar-refractivity contribution is 0.0746. The number of nitrogens with zero attached hydrogens (tertiary/aromatic N) is 4. The van der Waals surface area contributed by atoms with E-state index in [-0.39, 0.29) is 5.91 Å². The van der Waals surface area contributed by atoms with Crippen LogP contribution in [0.25, 0.3) is 0 Å². The van der Waals surface area contributed by atoms with Crippen LogP contribution in [0.3, 0.4) is 0 Å². The smallest absolute Gasteiger partial charge is 0.255 e. The first-order chi connectivity index (χ1) is 10.2. The molecule has 0 aromatic carbocycles. The third-order valence-electron chi connectivity index (χ3n) is 3.49. The number of anilines is 1. The van der Waals surface area contributed by atoms with Gasteiger partial charge >= 0.3 is 0 Å². The Morgan fingerprint density at radius 1 is 1.14 bits per heavy atom. The molecule has 2 aromatic rings. The zero-order chi connectivity index (χ0) is 14.7. The number of carbonyl (C=O) groups is 1. The SMILES string of the molecule is O=C(c1cncc(Br)c1)N1CCN(c2ccccn2)CC1. The van der Waals surface area contributed by atoms with Crippen LogP contribution in [0.15, 0.2) is 47.3 Å². The lowest BCUT2D eigenvalue weighted by Crippen LogP contribution is -2.49. The summed E-state index contributed by atoms with van der Waals surface area (Å²) in [6, 6.07) is 7.69. The molecule has 0 N–H and O–H groups in total. The van der Waals surface area contributed by atoms with Gasteiger partial charge in [-0.05, 0) is 34.1 Å². The number of carbonyl (C=O) groups excluding carboxylic acids is 1. The molecule has 0 saturated carbocycles. The maximum atomic E-state index is 12.4. The highest BCUT2D eigenvalue weighted by Gasteiger charge is 2.22. The molecule has 3 rings (SSSR count). The molecule has 1 fully saturated rings. The second-order valence-corrected chi connectivity index (χ2v) is 5.77. The van der Waals surface area contributed by atoms with E-state index in [9.17, 15) is 4.79 Å². The molecule has 0 atom stereocenters. The quantitative estimate of drug-likeness (QED) is 0.836. The van der Waals surface area contributed by atoms with Gasteiger partial charge in [0.2, 0.25) is 0 Å². The van der Waals surface area contributed by atoms with Crippen LogP contribution in [0.5, 0.6) is 0 Å². The summed E-state index contributed by atoms with van der Waals surface area (Å²) in [6.45, 7) is 2.98. The Labute approximate surface area is 131 Å². The van der Waals surface area contributed by atoms with Gasteiger partial charge in [-0.2, -0.15) is 0 Å². The Bertz CT molecular complexity index is 627.